The monoisotopic (exact) mass is 281 g/mol. The molecule has 3 atom stereocenters. The minimum Gasteiger partial charge on any atom is -0.370 e. The topological polar surface area (TPSA) is 72.3 Å². The van der Waals surface area contributed by atoms with Gasteiger partial charge in [0.1, 0.15) is 0 Å². The molecule has 2 fully saturated rings. The number of piperidine rings is 1. The maximum Gasteiger partial charge on any atom is 0.217 e. The van der Waals surface area contributed by atoms with Crippen molar-refractivity contribution in [1.29, 1.82) is 0 Å². The summed E-state index contributed by atoms with van der Waals surface area (Å²) < 4.78 is 0. The number of amides is 1. The van der Waals surface area contributed by atoms with Gasteiger partial charge in [0.2, 0.25) is 5.91 Å². The summed E-state index contributed by atoms with van der Waals surface area (Å²) in [5.74, 6) is 1.91. The highest BCUT2D eigenvalue weighted by atomic mass is 16.1. The number of carbonyl (C=O) groups is 1. The van der Waals surface area contributed by atoms with Gasteiger partial charge in [-0.3, -0.25) is 4.79 Å². The van der Waals surface area contributed by atoms with Gasteiger partial charge in [-0.15, -0.1) is 0 Å². The highest BCUT2D eigenvalue weighted by Crippen LogP contribution is 2.35. The first kappa shape index (κ1) is 15.8. The standard InChI is InChI=1S/C16H31N3O/c1-2-12-3-4-14(11-17)15(9-12)19-7-5-13(6-8-19)10-16(18)20/h12-15H,2-11,17H2,1H3,(H2,18,20). The van der Waals surface area contributed by atoms with Crippen molar-refractivity contribution in [2.45, 2.75) is 57.9 Å². The van der Waals surface area contributed by atoms with Crippen molar-refractivity contribution in [3.63, 3.8) is 0 Å². The van der Waals surface area contributed by atoms with Crippen LogP contribution in [0.3, 0.4) is 0 Å². The first-order valence-electron chi connectivity index (χ1n) is 8.36. The molecule has 4 N–H and O–H groups in total. The minimum atomic E-state index is -0.146. The normalized spacial score (nSPS) is 33.2. The summed E-state index contributed by atoms with van der Waals surface area (Å²) >= 11 is 0. The summed E-state index contributed by atoms with van der Waals surface area (Å²) in [6, 6.07) is 0.674. The first-order chi connectivity index (χ1) is 9.63. The van der Waals surface area contributed by atoms with Crippen LogP contribution in [0.5, 0.6) is 0 Å². The summed E-state index contributed by atoms with van der Waals surface area (Å²) in [7, 11) is 0. The lowest BCUT2D eigenvalue weighted by molar-refractivity contribution is -0.119. The fourth-order valence-corrected chi connectivity index (χ4v) is 4.16. The number of rotatable bonds is 5. The maximum atomic E-state index is 11.0. The Labute approximate surface area is 123 Å². The van der Waals surface area contributed by atoms with Crippen LogP contribution in [0, 0.1) is 17.8 Å². The molecule has 0 aromatic carbocycles. The fourth-order valence-electron chi connectivity index (χ4n) is 4.16. The van der Waals surface area contributed by atoms with Crippen LogP contribution in [0.1, 0.15) is 51.9 Å². The molecule has 1 saturated heterocycles. The predicted molar refractivity (Wildman–Crippen MR) is 82.1 cm³/mol. The third-order valence-electron chi connectivity index (χ3n) is 5.55. The van der Waals surface area contributed by atoms with Crippen molar-refractivity contribution in [2.75, 3.05) is 19.6 Å². The summed E-state index contributed by atoms with van der Waals surface area (Å²) in [4.78, 5) is 13.7. The van der Waals surface area contributed by atoms with E-state index < -0.39 is 0 Å². The number of nitrogens with zero attached hydrogens (tertiary/aromatic N) is 1. The average Bonchev–Trinajstić information content (AvgIpc) is 2.46. The molecular weight excluding hydrogens is 250 g/mol. The second-order valence-electron chi connectivity index (χ2n) is 6.80. The van der Waals surface area contributed by atoms with Gasteiger partial charge in [0.05, 0.1) is 0 Å². The van der Waals surface area contributed by atoms with Gasteiger partial charge in [-0.2, -0.15) is 0 Å². The van der Waals surface area contributed by atoms with E-state index in [1.807, 2.05) is 0 Å². The van der Waals surface area contributed by atoms with Crippen LogP contribution in [-0.2, 0) is 4.79 Å². The van der Waals surface area contributed by atoms with Gasteiger partial charge in [0.25, 0.3) is 0 Å². The molecule has 0 spiro atoms. The molecule has 4 nitrogen and oxygen atoms in total. The Kier molecular flexibility index (Phi) is 5.85. The molecule has 0 aromatic heterocycles. The van der Waals surface area contributed by atoms with Crippen molar-refractivity contribution in [3.8, 4) is 0 Å². The van der Waals surface area contributed by atoms with Crippen molar-refractivity contribution in [3.05, 3.63) is 0 Å². The van der Waals surface area contributed by atoms with Crippen LogP contribution in [-0.4, -0.2) is 36.5 Å². The Bertz CT molecular complexity index is 313. The molecule has 0 radical (unpaired) electrons. The number of hydrogen-bond acceptors (Lipinski definition) is 3. The molecule has 116 valence electrons. The molecule has 1 aliphatic carbocycles. The third-order valence-corrected chi connectivity index (χ3v) is 5.55. The molecule has 3 unspecified atom stereocenters. The number of carbonyl (C=O) groups excluding carboxylic acids is 1. The van der Waals surface area contributed by atoms with E-state index in [4.69, 9.17) is 11.5 Å². The number of likely N-dealkylation sites (tertiary alicyclic amines) is 1. The van der Waals surface area contributed by atoms with Gasteiger partial charge >= 0.3 is 0 Å². The zero-order chi connectivity index (χ0) is 14.5. The second kappa shape index (κ2) is 7.41. The smallest absolute Gasteiger partial charge is 0.217 e. The largest absolute Gasteiger partial charge is 0.370 e. The highest BCUT2D eigenvalue weighted by molar-refractivity contribution is 5.73. The molecule has 0 bridgehead atoms. The zero-order valence-electron chi connectivity index (χ0n) is 12.9. The molecule has 1 heterocycles. The van der Waals surface area contributed by atoms with Crippen LogP contribution >= 0.6 is 0 Å². The van der Waals surface area contributed by atoms with Crippen LogP contribution in [0.2, 0.25) is 0 Å². The van der Waals surface area contributed by atoms with Crippen LogP contribution in [0.15, 0.2) is 0 Å². The molecule has 1 amide bonds. The predicted octanol–water partition coefficient (Wildman–Crippen LogP) is 1.73. The molecule has 1 aliphatic heterocycles. The molecule has 20 heavy (non-hydrogen) atoms. The van der Waals surface area contributed by atoms with E-state index in [0.29, 0.717) is 24.3 Å². The second-order valence-corrected chi connectivity index (χ2v) is 6.80. The molecule has 2 rings (SSSR count). The molecule has 1 saturated carbocycles. The Morgan fingerprint density at radius 2 is 1.85 bits per heavy atom. The van der Waals surface area contributed by atoms with E-state index in [-0.39, 0.29) is 5.91 Å². The quantitative estimate of drug-likeness (QED) is 0.806. The molecular formula is C16H31N3O. The summed E-state index contributed by atoms with van der Waals surface area (Å²) in [6.07, 6.45) is 8.07. The van der Waals surface area contributed by atoms with Crippen molar-refractivity contribution in [1.82, 2.24) is 4.90 Å². The number of nitrogens with two attached hydrogens (primary N) is 2. The Balaban J connectivity index is 1.88. The first-order valence-corrected chi connectivity index (χ1v) is 8.36. The van der Waals surface area contributed by atoms with E-state index in [9.17, 15) is 4.79 Å². The van der Waals surface area contributed by atoms with E-state index >= 15 is 0 Å². The van der Waals surface area contributed by atoms with E-state index in [0.717, 1.165) is 38.4 Å². The summed E-state index contributed by atoms with van der Waals surface area (Å²) in [5.41, 5.74) is 11.3. The van der Waals surface area contributed by atoms with Gasteiger partial charge in [0, 0.05) is 12.5 Å². The fraction of sp³-hybridized carbons (Fsp3) is 0.938. The Hall–Kier alpha value is -0.610. The lowest BCUT2D eigenvalue weighted by Crippen LogP contribution is -2.50. The van der Waals surface area contributed by atoms with Gasteiger partial charge in [0.15, 0.2) is 0 Å². The Morgan fingerprint density at radius 3 is 2.40 bits per heavy atom. The van der Waals surface area contributed by atoms with Crippen molar-refractivity contribution in [2.24, 2.45) is 29.2 Å². The van der Waals surface area contributed by atoms with E-state index in [2.05, 4.69) is 11.8 Å². The summed E-state index contributed by atoms with van der Waals surface area (Å²) in [6.45, 7) is 5.37. The van der Waals surface area contributed by atoms with E-state index in [1.165, 1.54) is 25.7 Å². The Morgan fingerprint density at radius 1 is 1.15 bits per heavy atom. The number of hydrogen-bond donors (Lipinski definition) is 2. The van der Waals surface area contributed by atoms with Gasteiger partial charge in [-0.1, -0.05) is 19.8 Å². The van der Waals surface area contributed by atoms with Gasteiger partial charge in [-0.05, 0) is 63.1 Å². The van der Waals surface area contributed by atoms with Crippen LogP contribution in [0.4, 0.5) is 0 Å². The molecule has 4 heteroatoms. The van der Waals surface area contributed by atoms with Crippen molar-refractivity contribution < 1.29 is 4.79 Å². The third kappa shape index (κ3) is 3.95. The zero-order valence-corrected chi connectivity index (χ0v) is 12.9. The lowest BCUT2D eigenvalue weighted by atomic mass is 9.75. The molecule has 0 aromatic rings. The minimum absolute atomic E-state index is 0.146. The van der Waals surface area contributed by atoms with Gasteiger partial charge in [-0.25, -0.2) is 0 Å². The van der Waals surface area contributed by atoms with E-state index in [1.54, 1.807) is 0 Å². The SMILES string of the molecule is CCC1CCC(CN)C(N2CCC(CC(N)=O)CC2)C1. The molecule has 2 aliphatic rings. The maximum absolute atomic E-state index is 11.0. The summed E-state index contributed by atoms with van der Waals surface area (Å²) in [5, 5.41) is 0. The van der Waals surface area contributed by atoms with Crippen molar-refractivity contribution >= 4 is 5.91 Å². The van der Waals surface area contributed by atoms with Crippen LogP contribution in [0.25, 0.3) is 0 Å². The average molecular weight is 281 g/mol. The lowest BCUT2D eigenvalue weighted by Gasteiger charge is -2.45. The highest BCUT2D eigenvalue weighted by Gasteiger charge is 2.34. The van der Waals surface area contributed by atoms with Crippen LogP contribution < -0.4 is 11.5 Å². The van der Waals surface area contributed by atoms with Gasteiger partial charge < -0.3 is 16.4 Å². The number of primary amides is 1.